The normalized spacial score (nSPS) is 19.1. The molecule has 1 aliphatic carbocycles. The molecule has 2 aliphatic rings. The summed E-state index contributed by atoms with van der Waals surface area (Å²) in [4.78, 5) is 18.1. The number of carbonyl (C=O) groups excluding carboxylic acids is 1. The van der Waals surface area contributed by atoms with Crippen molar-refractivity contribution < 1.29 is 9.53 Å². The third-order valence-electron chi connectivity index (χ3n) is 6.23. The molecule has 3 heterocycles. The summed E-state index contributed by atoms with van der Waals surface area (Å²) in [7, 11) is 0. The third-order valence-corrected chi connectivity index (χ3v) is 8.15. The van der Waals surface area contributed by atoms with E-state index in [0.29, 0.717) is 12.5 Å². The molecule has 3 nitrogen and oxygen atoms in total. The Hall–Kier alpha value is -2.11. The minimum absolute atomic E-state index is 0.0736. The van der Waals surface area contributed by atoms with Crippen molar-refractivity contribution in [1.82, 2.24) is 4.90 Å². The number of ether oxygens (including phenoxy) is 1. The van der Waals surface area contributed by atoms with Crippen molar-refractivity contribution in [2.45, 2.75) is 57.1 Å². The van der Waals surface area contributed by atoms with E-state index >= 15 is 0 Å². The second kappa shape index (κ2) is 8.94. The quantitative estimate of drug-likeness (QED) is 0.457. The molecule has 30 heavy (non-hydrogen) atoms. The third kappa shape index (κ3) is 4.19. The first-order chi connectivity index (χ1) is 14.8. The van der Waals surface area contributed by atoms with Crippen LogP contribution in [0.1, 0.15) is 59.0 Å². The SMILES string of the molecule is O=C(CCc1cccc(OC2CCCC2)c1)N1CCc2sccc2C1c1cccs1. The first-order valence-corrected chi connectivity index (χ1v) is 12.7. The lowest BCUT2D eigenvalue weighted by Gasteiger charge is -2.35. The van der Waals surface area contributed by atoms with Crippen molar-refractivity contribution in [2.24, 2.45) is 0 Å². The van der Waals surface area contributed by atoms with Gasteiger partial charge in [-0.2, -0.15) is 0 Å². The number of benzene rings is 1. The fourth-order valence-electron chi connectivity index (χ4n) is 4.71. The highest BCUT2D eigenvalue weighted by Crippen LogP contribution is 2.39. The summed E-state index contributed by atoms with van der Waals surface area (Å²) in [5.41, 5.74) is 2.49. The van der Waals surface area contributed by atoms with Gasteiger partial charge in [-0.3, -0.25) is 4.79 Å². The van der Waals surface area contributed by atoms with Gasteiger partial charge in [-0.15, -0.1) is 22.7 Å². The van der Waals surface area contributed by atoms with Gasteiger partial charge in [0.05, 0.1) is 12.1 Å². The number of hydrogen-bond acceptors (Lipinski definition) is 4. The second-order valence-corrected chi connectivity index (χ2v) is 10.2. The molecule has 1 aliphatic heterocycles. The van der Waals surface area contributed by atoms with Crippen LogP contribution < -0.4 is 4.74 Å². The number of amides is 1. The molecular weight excluding hydrogens is 410 g/mol. The van der Waals surface area contributed by atoms with Crippen molar-refractivity contribution >= 4 is 28.6 Å². The minimum atomic E-state index is 0.0736. The highest BCUT2D eigenvalue weighted by Gasteiger charge is 2.33. The van der Waals surface area contributed by atoms with Gasteiger partial charge in [-0.1, -0.05) is 18.2 Å². The number of aryl methyl sites for hydroxylation is 1. The van der Waals surface area contributed by atoms with Crippen LogP contribution in [0.3, 0.4) is 0 Å². The van der Waals surface area contributed by atoms with Crippen LogP contribution in [0, 0.1) is 0 Å². The molecule has 156 valence electrons. The van der Waals surface area contributed by atoms with E-state index < -0.39 is 0 Å². The van der Waals surface area contributed by atoms with Crippen LogP contribution in [-0.2, 0) is 17.6 Å². The van der Waals surface area contributed by atoms with E-state index in [1.54, 1.807) is 11.3 Å². The average molecular weight is 438 g/mol. The Labute approximate surface area is 186 Å². The average Bonchev–Trinajstić information content (AvgIpc) is 3.54. The zero-order valence-electron chi connectivity index (χ0n) is 17.1. The summed E-state index contributed by atoms with van der Waals surface area (Å²) in [5.74, 6) is 1.19. The van der Waals surface area contributed by atoms with Gasteiger partial charge in [0.1, 0.15) is 5.75 Å². The van der Waals surface area contributed by atoms with Crippen LogP contribution in [-0.4, -0.2) is 23.5 Å². The molecule has 0 bridgehead atoms. The van der Waals surface area contributed by atoms with Crippen molar-refractivity contribution in [3.8, 4) is 5.75 Å². The molecule has 0 N–H and O–H groups in total. The Balaban J connectivity index is 1.27. The molecule has 0 spiro atoms. The van der Waals surface area contributed by atoms with Gasteiger partial charge in [0, 0.05) is 22.7 Å². The highest BCUT2D eigenvalue weighted by atomic mass is 32.1. The molecular formula is C25H27NO2S2. The number of fused-ring (bicyclic) bond motifs is 1. The number of nitrogens with zero attached hydrogens (tertiary/aromatic N) is 1. The highest BCUT2D eigenvalue weighted by molar-refractivity contribution is 7.10. The van der Waals surface area contributed by atoms with Gasteiger partial charge < -0.3 is 9.64 Å². The molecule has 2 aromatic heterocycles. The predicted octanol–water partition coefficient (Wildman–Crippen LogP) is 6.24. The molecule has 1 amide bonds. The van der Waals surface area contributed by atoms with E-state index in [-0.39, 0.29) is 11.9 Å². The van der Waals surface area contributed by atoms with Gasteiger partial charge >= 0.3 is 0 Å². The van der Waals surface area contributed by atoms with E-state index in [1.807, 2.05) is 17.4 Å². The first kappa shape index (κ1) is 19.8. The minimum Gasteiger partial charge on any atom is -0.490 e. The van der Waals surface area contributed by atoms with Gasteiger partial charge in [0.25, 0.3) is 0 Å². The molecule has 1 saturated carbocycles. The maximum atomic E-state index is 13.3. The van der Waals surface area contributed by atoms with E-state index in [0.717, 1.165) is 38.0 Å². The Kier molecular flexibility index (Phi) is 5.91. The van der Waals surface area contributed by atoms with Gasteiger partial charge in [0.2, 0.25) is 5.91 Å². The molecule has 0 radical (unpaired) electrons. The lowest BCUT2D eigenvalue weighted by atomic mass is 9.97. The smallest absolute Gasteiger partial charge is 0.223 e. The lowest BCUT2D eigenvalue weighted by Crippen LogP contribution is -2.39. The van der Waals surface area contributed by atoms with Crippen molar-refractivity contribution in [3.05, 3.63) is 74.1 Å². The Morgan fingerprint density at radius 3 is 2.80 bits per heavy atom. The largest absolute Gasteiger partial charge is 0.490 e. The fraction of sp³-hybridized carbons (Fsp3) is 0.400. The molecule has 1 unspecified atom stereocenters. The Bertz CT molecular complexity index is 988. The van der Waals surface area contributed by atoms with Crippen LogP contribution in [0.5, 0.6) is 5.75 Å². The van der Waals surface area contributed by atoms with Gasteiger partial charge in [0.15, 0.2) is 0 Å². The van der Waals surface area contributed by atoms with E-state index in [4.69, 9.17) is 4.74 Å². The molecule has 5 heteroatoms. The van der Waals surface area contributed by atoms with E-state index in [9.17, 15) is 4.79 Å². The van der Waals surface area contributed by atoms with Crippen molar-refractivity contribution in [3.63, 3.8) is 0 Å². The van der Waals surface area contributed by atoms with Crippen LogP contribution in [0.15, 0.2) is 53.2 Å². The van der Waals surface area contributed by atoms with Crippen LogP contribution in [0.25, 0.3) is 0 Å². The summed E-state index contributed by atoms with van der Waals surface area (Å²) in [6, 6.07) is 14.8. The molecule has 1 fully saturated rings. The Morgan fingerprint density at radius 1 is 1.07 bits per heavy atom. The standard InChI is InChI=1S/C25H27NO2S2/c27-24(11-10-18-5-3-8-20(17-18)28-19-6-1-2-7-19)26-14-12-22-21(13-16-30-22)25(26)23-9-4-15-29-23/h3-5,8-9,13,15-17,19,25H,1-2,6-7,10-12,14H2. The number of carbonyl (C=O) groups is 1. The number of rotatable bonds is 6. The summed E-state index contributed by atoms with van der Waals surface area (Å²) in [5, 5.41) is 4.27. The van der Waals surface area contributed by atoms with E-state index in [1.165, 1.54) is 33.7 Å². The first-order valence-electron chi connectivity index (χ1n) is 10.9. The molecule has 5 rings (SSSR count). The maximum absolute atomic E-state index is 13.3. The number of hydrogen-bond donors (Lipinski definition) is 0. The zero-order chi connectivity index (χ0) is 20.3. The topological polar surface area (TPSA) is 29.5 Å². The van der Waals surface area contributed by atoms with Crippen molar-refractivity contribution in [2.75, 3.05) is 6.54 Å². The summed E-state index contributed by atoms with van der Waals surface area (Å²) in [6.07, 6.45) is 7.47. The lowest BCUT2D eigenvalue weighted by molar-refractivity contribution is -0.133. The molecule has 3 aromatic rings. The number of thiophene rings is 2. The fourth-order valence-corrected chi connectivity index (χ4v) is 6.46. The summed E-state index contributed by atoms with van der Waals surface area (Å²) in [6.45, 7) is 0.805. The molecule has 1 atom stereocenters. The predicted molar refractivity (Wildman–Crippen MR) is 124 cm³/mol. The monoisotopic (exact) mass is 437 g/mol. The van der Waals surface area contributed by atoms with Gasteiger partial charge in [-0.25, -0.2) is 0 Å². The van der Waals surface area contributed by atoms with Crippen LogP contribution in [0.2, 0.25) is 0 Å². The summed E-state index contributed by atoms with van der Waals surface area (Å²) < 4.78 is 6.14. The van der Waals surface area contributed by atoms with Gasteiger partial charge in [-0.05, 0) is 84.7 Å². The van der Waals surface area contributed by atoms with Crippen LogP contribution >= 0.6 is 22.7 Å². The Morgan fingerprint density at radius 2 is 1.97 bits per heavy atom. The van der Waals surface area contributed by atoms with Crippen molar-refractivity contribution in [1.29, 1.82) is 0 Å². The molecule has 1 aromatic carbocycles. The summed E-state index contributed by atoms with van der Waals surface area (Å²) >= 11 is 3.56. The van der Waals surface area contributed by atoms with Crippen LogP contribution in [0.4, 0.5) is 0 Å². The molecule has 0 saturated heterocycles. The second-order valence-electron chi connectivity index (χ2n) is 8.23. The van der Waals surface area contributed by atoms with E-state index in [2.05, 4.69) is 52.1 Å². The zero-order valence-corrected chi connectivity index (χ0v) is 18.7. The maximum Gasteiger partial charge on any atom is 0.223 e.